The van der Waals surface area contributed by atoms with Gasteiger partial charge in [-0.15, -0.1) is 0 Å². The summed E-state index contributed by atoms with van der Waals surface area (Å²) in [5.74, 6) is 2.54. The zero-order chi connectivity index (χ0) is 20.4. The molecule has 0 heterocycles. The Balaban J connectivity index is 1.45. The molecule has 3 aliphatic carbocycles. The van der Waals surface area contributed by atoms with Crippen molar-refractivity contribution >= 4 is 0 Å². The second-order valence-electron chi connectivity index (χ2n) is 10.1. The van der Waals surface area contributed by atoms with Crippen molar-refractivity contribution in [1.29, 1.82) is 0 Å². The van der Waals surface area contributed by atoms with Gasteiger partial charge in [-0.2, -0.15) is 0 Å². The third-order valence-corrected chi connectivity index (χ3v) is 8.44. The molecule has 160 valence electrons. The molecule has 0 saturated heterocycles. The Labute approximate surface area is 176 Å². The fourth-order valence-electron chi connectivity index (χ4n) is 6.67. The first kappa shape index (κ1) is 21.1. The van der Waals surface area contributed by atoms with Crippen LogP contribution < -0.4 is 0 Å². The molecule has 0 aromatic heterocycles. The van der Waals surface area contributed by atoms with Crippen LogP contribution in [0.3, 0.4) is 0 Å². The normalized spacial score (nSPS) is 32.2. The van der Waals surface area contributed by atoms with Gasteiger partial charge in [0, 0.05) is 5.56 Å². The van der Waals surface area contributed by atoms with E-state index in [0.29, 0.717) is 17.4 Å². The summed E-state index contributed by atoms with van der Waals surface area (Å²) in [6.45, 7) is 4.28. The van der Waals surface area contributed by atoms with E-state index in [2.05, 4.69) is 26.0 Å². The van der Waals surface area contributed by atoms with Gasteiger partial charge < -0.3 is 0 Å². The maximum absolute atomic E-state index is 15.4. The summed E-state index contributed by atoms with van der Waals surface area (Å²) in [6, 6.07) is 1.69. The van der Waals surface area contributed by atoms with Crippen molar-refractivity contribution in [3.8, 4) is 0 Å². The lowest BCUT2D eigenvalue weighted by Crippen LogP contribution is -2.31. The van der Waals surface area contributed by atoms with E-state index in [0.717, 1.165) is 67.9 Å². The van der Waals surface area contributed by atoms with Gasteiger partial charge in [-0.05, 0) is 118 Å². The standard InChI is InChI=1S/C27H38F2/c1-3-5-6-7-19-8-10-21-16-22(12-11-20(21)15-19)26-25(28)17-23-14-18(4-2)9-13-24(23)27(26)29/h3,5,17-22H,4,6-16H2,1-2H3/b5-3+. The van der Waals surface area contributed by atoms with E-state index in [-0.39, 0.29) is 17.6 Å². The minimum atomic E-state index is -0.263. The summed E-state index contributed by atoms with van der Waals surface area (Å²) in [5, 5.41) is 0. The molecule has 1 aromatic carbocycles. The Morgan fingerprint density at radius 3 is 2.59 bits per heavy atom. The largest absolute Gasteiger partial charge is 0.207 e. The van der Waals surface area contributed by atoms with Crippen molar-refractivity contribution in [3.63, 3.8) is 0 Å². The van der Waals surface area contributed by atoms with Crippen LogP contribution in [0.4, 0.5) is 8.78 Å². The molecular weight excluding hydrogens is 362 g/mol. The van der Waals surface area contributed by atoms with Crippen molar-refractivity contribution in [1.82, 2.24) is 0 Å². The molecule has 0 amide bonds. The number of rotatable bonds is 5. The van der Waals surface area contributed by atoms with Gasteiger partial charge in [-0.1, -0.05) is 31.9 Å². The molecule has 2 fully saturated rings. The summed E-state index contributed by atoms with van der Waals surface area (Å²) >= 11 is 0. The summed E-state index contributed by atoms with van der Waals surface area (Å²) in [6.07, 6.45) is 17.8. The third kappa shape index (κ3) is 4.47. The van der Waals surface area contributed by atoms with Crippen molar-refractivity contribution in [2.45, 2.75) is 96.8 Å². The minimum absolute atomic E-state index is 0.0880. The quantitative estimate of drug-likeness (QED) is 0.438. The fourth-order valence-corrected chi connectivity index (χ4v) is 6.67. The minimum Gasteiger partial charge on any atom is -0.207 e. The number of hydrogen-bond donors (Lipinski definition) is 0. The molecule has 1 aromatic rings. The van der Waals surface area contributed by atoms with Gasteiger partial charge in [0.1, 0.15) is 11.6 Å². The van der Waals surface area contributed by atoms with Crippen molar-refractivity contribution in [2.75, 3.05) is 0 Å². The van der Waals surface area contributed by atoms with Crippen molar-refractivity contribution < 1.29 is 8.78 Å². The van der Waals surface area contributed by atoms with E-state index in [4.69, 9.17) is 0 Å². The number of hydrogen-bond acceptors (Lipinski definition) is 0. The highest BCUT2D eigenvalue weighted by Crippen LogP contribution is 2.49. The second kappa shape index (κ2) is 9.31. The lowest BCUT2D eigenvalue weighted by atomic mass is 9.63. The fraction of sp³-hybridized carbons (Fsp3) is 0.704. The maximum Gasteiger partial charge on any atom is 0.133 e. The molecule has 0 radical (unpaired) electrons. The Morgan fingerprint density at radius 1 is 1.00 bits per heavy atom. The third-order valence-electron chi connectivity index (χ3n) is 8.44. The molecule has 0 aliphatic heterocycles. The zero-order valence-electron chi connectivity index (χ0n) is 18.4. The average Bonchev–Trinajstić information content (AvgIpc) is 2.73. The van der Waals surface area contributed by atoms with Crippen LogP contribution in [-0.2, 0) is 12.8 Å². The monoisotopic (exact) mass is 400 g/mol. The van der Waals surface area contributed by atoms with E-state index in [1.165, 1.54) is 32.1 Å². The van der Waals surface area contributed by atoms with E-state index in [1.54, 1.807) is 6.07 Å². The summed E-state index contributed by atoms with van der Waals surface area (Å²) in [5.41, 5.74) is 2.21. The Hall–Kier alpha value is -1.18. The molecule has 0 bridgehead atoms. The van der Waals surface area contributed by atoms with Gasteiger partial charge in [0.05, 0.1) is 0 Å². The first-order chi connectivity index (χ1) is 14.1. The molecule has 0 nitrogen and oxygen atoms in total. The molecule has 5 unspecified atom stereocenters. The number of fused-ring (bicyclic) bond motifs is 2. The van der Waals surface area contributed by atoms with E-state index < -0.39 is 0 Å². The Morgan fingerprint density at radius 2 is 1.79 bits per heavy atom. The van der Waals surface area contributed by atoms with Crippen molar-refractivity contribution in [3.05, 3.63) is 46.5 Å². The number of benzene rings is 1. The summed E-state index contributed by atoms with van der Waals surface area (Å²) in [7, 11) is 0. The highest BCUT2D eigenvalue weighted by atomic mass is 19.1. The molecule has 4 rings (SSSR count). The maximum atomic E-state index is 15.4. The summed E-state index contributed by atoms with van der Waals surface area (Å²) < 4.78 is 30.5. The number of allylic oxidation sites excluding steroid dienone is 2. The topological polar surface area (TPSA) is 0 Å². The zero-order valence-corrected chi connectivity index (χ0v) is 18.4. The summed E-state index contributed by atoms with van der Waals surface area (Å²) in [4.78, 5) is 0. The molecular formula is C27H38F2. The molecule has 29 heavy (non-hydrogen) atoms. The van der Waals surface area contributed by atoms with Crippen LogP contribution in [0.1, 0.15) is 101 Å². The van der Waals surface area contributed by atoms with Crippen LogP contribution in [0.5, 0.6) is 0 Å². The highest BCUT2D eigenvalue weighted by molar-refractivity contribution is 5.39. The lowest BCUT2D eigenvalue weighted by molar-refractivity contribution is 0.113. The molecule has 3 aliphatic rings. The van der Waals surface area contributed by atoms with Gasteiger partial charge in [0.2, 0.25) is 0 Å². The second-order valence-corrected chi connectivity index (χ2v) is 10.1. The van der Waals surface area contributed by atoms with Gasteiger partial charge in [-0.3, -0.25) is 0 Å². The molecule has 0 spiro atoms. The van der Waals surface area contributed by atoms with Crippen LogP contribution in [0.2, 0.25) is 0 Å². The molecule has 0 N–H and O–H groups in total. The smallest absolute Gasteiger partial charge is 0.133 e. The highest BCUT2D eigenvalue weighted by Gasteiger charge is 2.38. The Kier molecular flexibility index (Phi) is 6.76. The van der Waals surface area contributed by atoms with Crippen LogP contribution >= 0.6 is 0 Å². The van der Waals surface area contributed by atoms with E-state index in [9.17, 15) is 0 Å². The van der Waals surface area contributed by atoms with Crippen LogP contribution in [-0.4, -0.2) is 0 Å². The van der Waals surface area contributed by atoms with Gasteiger partial charge in [0.15, 0.2) is 0 Å². The van der Waals surface area contributed by atoms with Crippen LogP contribution in [0.25, 0.3) is 0 Å². The SMILES string of the molecule is C/C=C/CCC1CCC2CC(c3c(F)cc4c(c3F)CCC(CC)C4)CCC2C1. The van der Waals surface area contributed by atoms with Crippen molar-refractivity contribution in [2.24, 2.45) is 23.7 Å². The van der Waals surface area contributed by atoms with E-state index >= 15 is 8.78 Å². The lowest BCUT2D eigenvalue weighted by Gasteiger charge is -2.42. The van der Waals surface area contributed by atoms with E-state index in [1.807, 2.05) is 0 Å². The molecule has 2 heteroatoms. The van der Waals surface area contributed by atoms with Gasteiger partial charge >= 0.3 is 0 Å². The Bertz CT molecular complexity index is 735. The molecule has 5 atom stereocenters. The average molecular weight is 401 g/mol. The van der Waals surface area contributed by atoms with Gasteiger partial charge in [0.25, 0.3) is 0 Å². The predicted octanol–water partition coefficient (Wildman–Crippen LogP) is 8.14. The van der Waals surface area contributed by atoms with Crippen LogP contribution in [0, 0.1) is 35.3 Å². The van der Waals surface area contributed by atoms with Gasteiger partial charge in [-0.25, -0.2) is 8.78 Å². The predicted molar refractivity (Wildman–Crippen MR) is 117 cm³/mol. The number of halogens is 2. The van der Waals surface area contributed by atoms with Crippen LogP contribution in [0.15, 0.2) is 18.2 Å². The first-order valence-corrected chi connectivity index (χ1v) is 12.2. The molecule has 2 saturated carbocycles. The first-order valence-electron chi connectivity index (χ1n) is 12.2.